The minimum Gasteiger partial charge on any atom is -0.493 e. The van der Waals surface area contributed by atoms with Crippen LogP contribution < -0.4 is 10.2 Å². The Bertz CT molecular complexity index is 343. The van der Waals surface area contributed by atoms with Crippen LogP contribution >= 0.6 is 11.6 Å². The van der Waals surface area contributed by atoms with Gasteiger partial charge in [-0.1, -0.05) is 11.6 Å². The van der Waals surface area contributed by atoms with Crippen molar-refractivity contribution in [2.45, 2.75) is 18.9 Å². The molecule has 1 N–H and O–H groups in total. The average Bonchev–Trinajstić information content (AvgIpc) is 2.42. The SMILES string of the molecule is CONC1CCCOc2ccc(Cl)cc21. The molecule has 0 spiro atoms. The molecule has 4 heteroatoms. The molecule has 0 aliphatic carbocycles. The first-order chi connectivity index (χ1) is 7.31. The molecule has 0 saturated carbocycles. The standard InChI is InChI=1S/C11H14ClNO2/c1-14-13-10-3-2-6-15-11-5-4-8(12)7-9(10)11/h4-5,7,10,13H,2-3,6H2,1H3. The van der Waals surface area contributed by atoms with Crippen LogP contribution in [0.5, 0.6) is 5.75 Å². The topological polar surface area (TPSA) is 30.5 Å². The second-order valence-corrected chi connectivity index (χ2v) is 3.98. The fourth-order valence-electron chi connectivity index (χ4n) is 1.81. The predicted molar refractivity (Wildman–Crippen MR) is 59.1 cm³/mol. The van der Waals surface area contributed by atoms with Crippen LogP contribution in [-0.4, -0.2) is 13.7 Å². The summed E-state index contributed by atoms with van der Waals surface area (Å²) in [6.07, 6.45) is 1.99. The molecule has 0 saturated heterocycles. The second-order valence-electron chi connectivity index (χ2n) is 3.55. The Kier molecular flexibility index (Phi) is 3.46. The van der Waals surface area contributed by atoms with Crippen molar-refractivity contribution in [3.05, 3.63) is 28.8 Å². The molecule has 1 aromatic carbocycles. The molecule has 2 rings (SSSR count). The first-order valence-corrected chi connectivity index (χ1v) is 5.40. The first-order valence-electron chi connectivity index (χ1n) is 5.02. The average molecular weight is 228 g/mol. The molecular formula is C11H14ClNO2. The van der Waals surface area contributed by atoms with Crippen molar-refractivity contribution in [2.24, 2.45) is 0 Å². The smallest absolute Gasteiger partial charge is 0.124 e. The number of hydrogen-bond acceptors (Lipinski definition) is 3. The molecule has 1 atom stereocenters. The number of fused-ring (bicyclic) bond motifs is 1. The third kappa shape index (κ3) is 2.43. The van der Waals surface area contributed by atoms with E-state index in [2.05, 4.69) is 5.48 Å². The van der Waals surface area contributed by atoms with Crippen LogP contribution in [0.25, 0.3) is 0 Å². The highest BCUT2D eigenvalue weighted by Crippen LogP contribution is 2.33. The van der Waals surface area contributed by atoms with Gasteiger partial charge in [0.05, 0.1) is 19.8 Å². The van der Waals surface area contributed by atoms with Gasteiger partial charge in [0.1, 0.15) is 5.75 Å². The molecule has 0 aromatic heterocycles. The lowest BCUT2D eigenvalue weighted by molar-refractivity contribution is 0.0580. The van der Waals surface area contributed by atoms with Gasteiger partial charge in [0.15, 0.2) is 0 Å². The van der Waals surface area contributed by atoms with E-state index in [1.54, 1.807) is 7.11 Å². The van der Waals surface area contributed by atoms with Gasteiger partial charge in [-0.15, -0.1) is 0 Å². The molecule has 3 nitrogen and oxygen atoms in total. The molecule has 82 valence electrons. The molecule has 0 bridgehead atoms. The van der Waals surface area contributed by atoms with Crippen molar-refractivity contribution in [1.82, 2.24) is 5.48 Å². The van der Waals surface area contributed by atoms with E-state index < -0.39 is 0 Å². The highest BCUT2D eigenvalue weighted by Gasteiger charge is 2.19. The number of ether oxygens (including phenoxy) is 1. The fourth-order valence-corrected chi connectivity index (χ4v) is 1.99. The number of hydrogen-bond donors (Lipinski definition) is 1. The summed E-state index contributed by atoms with van der Waals surface area (Å²) in [7, 11) is 1.62. The van der Waals surface area contributed by atoms with Gasteiger partial charge in [0.2, 0.25) is 0 Å². The van der Waals surface area contributed by atoms with Crippen LogP contribution in [0.15, 0.2) is 18.2 Å². The number of rotatable bonds is 2. The zero-order valence-corrected chi connectivity index (χ0v) is 9.38. The van der Waals surface area contributed by atoms with Crippen LogP contribution in [0.2, 0.25) is 5.02 Å². The van der Waals surface area contributed by atoms with Gasteiger partial charge in [-0.2, -0.15) is 5.48 Å². The molecule has 1 unspecified atom stereocenters. The van der Waals surface area contributed by atoms with E-state index in [1.165, 1.54) is 0 Å². The summed E-state index contributed by atoms with van der Waals surface area (Å²) in [6.45, 7) is 0.747. The molecular weight excluding hydrogens is 214 g/mol. The Labute approximate surface area is 94.3 Å². The Morgan fingerprint density at radius 1 is 1.53 bits per heavy atom. The van der Waals surface area contributed by atoms with Gasteiger partial charge < -0.3 is 9.57 Å². The van der Waals surface area contributed by atoms with Crippen LogP contribution in [0, 0.1) is 0 Å². The van der Waals surface area contributed by atoms with Crippen molar-refractivity contribution in [3.63, 3.8) is 0 Å². The highest BCUT2D eigenvalue weighted by molar-refractivity contribution is 6.30. The Balaban J connectivity index is 2.33. The summed E-state index contributed by atoms with van der Waals surface area (Å²) >= 11 is 5.97. The molecule has 0 amide bonds. The van der Waals surface area contributed by atoms with Crippen LogP contribution in [0.4, 0.5) is 0 Å². The predicted octanol–water partition coefficient (Wildman–Crippen LogP) is 2.70. The summed E-state index contributed by atoms with van der Waals surface area (Å²) in [6, 6.07) is 5.84. The molecule has 1 aliphatic rings. The first kappa shape index (κ1) is 10.7. The number of hydroxylamine groups is 1. The van der Waals surface area contributed by atoms with E-state index in [0.29, 0.717) is 0 Å². The molecule has 15 heavy (non-hydrogen) atoms. The van der Waals surface area contributed by atoms with Gasteiger partial charge in [0.25, 0.3) is 0 Å². The van der Waals surface area contributed by atoms with E-state index in [1.807, 2.05) is 18.2 Å². The zero-order chi connectivity index (χ0) is 10.7. The molecule has 1 heterocycles. The molecule has 0 fully saturated rings. The fraction of sp³-hybridized carbons (Fsp3) is 0.455. The lowest BCUT2D eigenvalue weighted by Gasteiger charge is -2.16. The zero-order valence-electron chi connectivity index (χ0n) is 8.63. The summed E-state index contributed by atoms with van der Waals surface area (Å²) < 4.78 is 5.63. The number of nitrogens with one attached hydrogen (secondary N) is 1. The van der Waals surface area contributed by atoms with Gasteiger partial charge in [-0.25, -0.2) is 0 Å². The van der Waals surface area contributed by atoms with E-state index in [4.69, 9.17) is 21.2 Å². The third-order valence-electron chi connectivity index (χ3n) is 2.50. The van der Waals surface area contributed by atoms with Crippen molar-refractivity contribution < 1.29 is 9.57 Å². The maximum Gasteiger partial charge on any atom is 0.124 e. The Hall–Kier alpha value is -0.770. The Morgan fingerprint density at radius 2 is 2.40 bits per heavy atom. The lowest BCUT2D eigenvalue weighted by atomic mass is 10.0. The number of halogens is 1. The maximum atomic E-state index is 5.97. The monoisotopic (exact) mass is 227 g/mol. The van der Waals surface area contributed by atoms with Crippen LogP contribution in [0.1, 0.15) is 24.4 Å². The van der Waals surface area contributed by atoms with Gasteiger partial charge >= 0.3 is 0 Å². The van der Waals surface area contributed by atoms with E-state index >= 15 is 0 Å². The quantitative estimate of drug-likeness (QED) is 0.789. The molecule has 0 radical (unpaired) electrons. The van der Waals surface area contributed by atoms with Gasteiger partial charge in [0, 0.05) is 10.6 Å². The van der Waals surface area contributed by atoms with Crippen LogP contribution in [0.3, 0.4) is 0 Å². The van der Waals surface area contributed by atoms with Crippen molar-refractivity contribution in [1.29, 1.82) is 0 Å². The number of benzene rings is 1. The van der Waals surface area contributed by atoms with Crippen LogP contribution in [-0.2, 0) is 4.84 Å². The van der Waals surface area contributed by atoms with Crippen molar-refractivity contribution in [3.8, 4) is 5.75 Å². The lowest BCUT2D eigenvalue weighted by Crippen LogP contribution is -2.19. The Morgan fingerprint density at radius 3 is 3.20 bits per heavy atom. The summed E-state index contributed by atoms with van der Waals surface area (Å²) in [5, 5.41) is 0.724. The molecule has 1 aliphatic heterocycles. The minimum absolute atomic E-state index is 0.159. The third-order valence-corrected chi connectivity index (χ3v) is 2.74. The normalized spacial score (nSPS) is 20.3. The van der Waals surface area contributed by atoms with E-state index in [9.17, 15) is 0 Å². The maximum absolute atomic E-state index is 5.97. The van der Waals surface area contributed by atoms with Gasteiger partial charge in [-0.05, 0) is 31.0 Å². The van der Waals surface area contributed by atoms with E-state index in [0.717, 1.165) is 35.8 Å². The summed E-state index contributed by atoms with van der Waals surface area (Å²) in [4.78, 5) is 4.98. The minimum atomic E-state index is 0.159. The van der Waals surface area contributed by atoms with Crippen molar-refractivity contribution in [2.75, 3.05) is 13.7 Å². The largest absolute Gasteiger partial charge is 0.493 e. The highest BCUT2D eigenvalue weighted by atomic mass is 35.5. The molecule has 1 aromatic rings. The second kappa shape index (κ2) is 4.84. The summed E-state index contributed by atoms with van der Waals surface area (Å²) in [5.74, 6) is 0.895. The van der Waals surface area contributed by atoms with Gasteiger partial charge in [-0.3, -0.25) is 0 Å². The van der Waals surface area contributed by atoms with Crippen molar-refractivity contribution >= 4 is 11.6 Å². The van der Waals surface area contributed by atoms with E-state index in [-0.39, 0.29) is 6.04 Å². The summed E-state index contributed by atoms with van der Waals surface area (Å²) in [5.41, 5.74) is 4.04.